The van der Waals surface area contributed by atoms with Gasteiger partial charge < -0.3 is 15.0 Å². The van der Waals surface area contributed by atoms with Crippen molar-refractivity contribution in [1.82, 2.24) is 9.88 Å². The van der Waals surface area contributed by atoms with Crippen molar-refractivity contribution in [2.24, 2.45) is 0 Å². The third-order valence-electron chi connectivity index (χ3n) is 5.15. The molecule has 0 radical (unpaired) electrons. The van der Waals surface area contributed by atoms with Gasteiger partial charge in [0, 0.05) is 23.9 Å². The van der Waals surface area contributed by atoms with Gasteiger partial charge in [0.15, 0.2) is 0 Å². The van der Waals surface area contributed by atoms with Crippen molar-refractivity contribution in [3.63, 3.8) is 0 Å². The molecule has 1 atom stereocenters. The highest BCUT2D eigenvalue weighted by atomic mass is 16.4. The van der Waals surface area contributed by atoms with Gasteiger partial charge in [-0.25, -0.2) is 4.79 Å². The van der Waals surface area contributed by atoms with Gasteiger partial charge in [0.25, 0.3) is 5.91 Å². The lowest BCUT2D eigenvalue weighted by atomic mass is 10.1. The Morgan fingerprint density at radius 3 is 2.47 bits per heavy atom. The van der Waals surface area contributed by atoms with Crippen molar-refractivity contribution < 1.29 is 19.5 Å². The van der Waals surface area contributed by atoms with Gasteiger partial charge in [-0.15, -0.1) is 0 Å². The van der Waals surface area contributed by atoms with Crippen LogP contribution < -0.4 is 5.32 Å². The van der Waals surface area contributed by atoms with Crippen molar-refractivity contribution in [2.45, 2.75) is 32.9 Å². The molecule has 1 unspecified atom stereocenters. The molecule has 0 aliphatic rings. The molecule has 0 saturated carbocycles. The van der Waals surface area contributed by atoms with E-state index in [4.69, 9.17) is 5.11 Å². The number of amides is 1. The second kappa shape index (κ2) is 10.4. The zero-order chi connectivity index (χ0) is 23.1. The van der Waals surface area contributed by atoms with Gasteiger partial charge in [-0.3, -0.25) is 9.59 Å². The van der Waals surface area contributed by atoms with Crippen LogP contribution in [0.2, 0.25) is 0 Å². The first-order valence-electron chi connectivity index (χ1n) is 10.5. The number of carbonyl (C=O) groups excluding carboxylic acids is 2. The molecule has 32 heavy (non-hydrogen) atoms. The summed E-state index contributed by atoms with van der Waals surface area (Å²) in [5, 5.41) is 11.6. The smallest absolute Gasteiger partial charge is 0.326 e. The second-order valence-electron chi connectivity index (χ2n) is 7.54. The molecule has 3 aromatic rings. The zero-order valence-corrected chi connectivity index (χ0v) is 18.1. The minimum absolute atomic E-state index is 0.0361. The van der Waals surface area contributed by atoms with Gasteiger partial charge in [-0.2, -0.15) is 0 Å². The normalized spacial score (nSPS) is 11.9. The number of carboxylic acids is 1. The lowest BCUT2D eigenvalue weighted by Gasteiger charge is -2.12. The number of hydrogen-bond acceptors (Lipinski definition) is 3. The first-order valence-corrected chi connectivity index (χ1v) is 10.5. The number of nitrogens with one attached hydrogen (secondary N) is 1. The Bertz CT molecular complexity index is 1140. The van der Waals surface area contributed by atoms with Crippen LogP contribution in [0.3, 0.4) is 0 Å². The summed E-state index contributed by atoms with van der Waals surface area (Å²) in [5.74, 6) is -1.52. The first-order chi connectivity index (χ1) is 15.4. The molecular weight excluding hydrogens is 404 g/mol. The number of aromatic nitrogens is 1. The fraction of sp³-hybridized carbons (Fsp3) is 0.192. The maximum absolute atomic E-state index is 12.8. The summed E-state index contributed by atoms with van der Waals surface area (Å²) in [7, 11) is 0. The lowest BCUT2D eigenvalue weighted by molar-refractivity contribution is -0.139. The Morgan fingerprint density at radius 1 is 1.03 bits per heavy atom. The molecule has 2 aromatic carbocycles. The third kappa shape index (κ3) is 5.60. The van der Waals surface area contributed by atoms with E-state index in [0.717, 1.165) is 11.1 Å². The van der Waals surface area contributed by atoms with Gasteiger partial charge in [0.05, 0.1) is 5.69 Å². The molecule has 0 spiro atoms. The molecular formula is C26H26N2O4. The Balaban J connectivity index is 1.69. The largest absolute Gasteiger partial charge is 0.480 e. The summed E-state index contributed by atoms with van der Waals surface area (Å²) in [6.45, 7) is 4.18. The molecule has 3 rings (SSSR count). The standard InChI is InChI=1S/C26H26N2O4/c1-3-22(26(31)32)27-25(30)21-9-4-7-19(17-21)8-5-15-28-16-6-10-23(28)24(29)20-13-11-18(2)12-14-20/h4-14,16-17,22H,3,15H2,1-2H3,(H,27,30)(H,31,32)/b8-5+. The van der Waals surface area contributed by atoms with E-state index in [2.05, 4.69) is 5.32 Å². The van der Waals surface area contributed by atoms with Crippen LogP contribution in [-0.2, 0) is 11.3 Å². The number of aryl methyl sites for hydroxylation is 1. The van der Waals surface area contributed by atoms with Crippen molar-refractivity contribution in [2.75, 3.05) is 0 Å². The van der Waals surface area contributed by atoms with Crippen molar-refractivity contribution >= 4 is 23.7 Å². The number of allylic oxidation sites excluding steroid dienone is 1. The zero-order valence-electron chi connectivity index (χ0n) is 18.1. The predicted octanol–water partition coefficient (Wildman–Crippen LogP) is 4.33. The van der Waals surface area contributed by atoms with E-state index in [1.807, 2.05) is 66.2 Å². The summed E-state index contributed by atoms with van der Waals surface area (Å²) < 4.78 is 1.87. The van der Waals surface area contributed by atoms with E-state index in [9.17, 15) is 14.4 Å². The van der Waals surface area contributed by atoms with Crippen LogP contribution in [0.5, 0.6) is 0 Å². The molecule has 0 aliphatic carbocycles. The molecule has 2 N–H and O–H groups in total. The van der Waals surface area contributed by atoms with Crippen LogP contribution >= 0.6 is 0 Å². The Kier molecular flexibility index (Phi) is 7.39. The number of aliphatic carboxylic acids is 1. The SMILES string of the molecule is CCC(NC(=O)c1cccc(/C=C/Cn2cccc2C(=O)c2ccc(C)cc2)c1)C(=O)O. The molecule has 0 aliphatic heterocycles. The number of benzene rings is 2. The molecule has 1 aromatic heterocycles. The number of ketones is 1. The molecule has 6 heteroatoms. The molecule has 1 amide bonds. The molecule has 0 fully saturated rings. The van der Waals surface area contributed by atoms with Gasteiger partial charge in [-0.1, -0.05) is 61.0 Å². The Labute approximate surface area is 187 Å². The summed E-state index contributed by atoms with van der Waals surface area (Å²) in [5.41, 5.74) is 3.54. The fourth-order valence-corrected chi connectivity index (χ4v) is 3.30. The highest BCUT2D eigenvalue weighted by Crippen LogP contribution is 2.13. The molecule has 0 bridgehead atoms. The number of carboxylic acid groups (broad SMARTS) is 1. The van der Waals surface area contributed by atoms with Gasteiger partial charge >= 0.3 is 5.97 Å². The van der Waals surface area contributed by atoms with Crippen molar-refractivity contribution in [1.29, 1.82) is 0 Å². The Morgan fingerprint density at radius 2 is 1.78 bits per heavy atom. The Hall–Kier alpha value is -3.93. The molecule has 1 heterocycles. The van der Waals surface area contributed by atoms with Gasteiger partial charge in [0.1, 0.15) is 6.04 Å². The van der Waals surface area contributed by atoms with Crippen LogP contribution in [0, 0.1) is 6.92 Å². The molecule has 0 saturated heterocycles. The van der Waals surface area contributed by atoms with E-state index < -0.39 is 17.9 Å². The minimum Gasteiger partial charge on any atom is -0.480 e. The summed E-state index contributed by atoms with van der Waals surface area (Å²) in [6, 6.07) is 17.2. The molecule has 6 nitrogen and oxygen atoms in total. The van der Waals surface area contributed by atoms with Crippen molar-refractivity contribution in [3.8, 4) is 0 Å². The first kappa shape index (κ1) is 22.7. The van der Waals surface area contributed by atoms with Gasteiger partial charge in [-0.05, 0) is 43.2 Å². The van der Waals surface area contributed by atoms with E-state index >= 15 is 0 Å². The van der Waals surface area contributed by atoms with Crippen LogP contribution in [0.15, 0.2) is 72.9 Å². The van der Waals surface area contributed by atoms with E-state index in [-0.39, 0.29) is 5.78 Å². The van der Waals surface area contributed by atoms with Crippen LogP contribution in [0.1, 0.15) is 50.9 Å². The second-order valence-corrected chi connectivity index (χ2v) is 7.54. The minimum atomic E-state index is -1.06. The highest BCUT2D eigenvalue weighted by Gasteiger charge is 2.18. The number of carbonyl (C=O) groups is 3. The van der Waals surface area contributed by atoms with Crippen LogP contribution in [0.4, 0.5) is 0 Å². The van der Waals surface area contributed by atoms with Crippen molar-refractivity contribution in [3.05, 3.63) is 101 Å². The maximum atomic E-state index is 12.8. The summed E-state index contributed by atoms with van der Waals surface area (Å²) >= 11 is 0. The monoisotopic (exact) mass is 430 g/mol. The predicted molar refractivity (Wildman–Crippen MR) is 124 cm³/mol. The highest BCUT2D eigenvalue weighted by molar-refractivity contribution is 6.08. The van der Waals surface area contributed by atoms with E-state index in [1.165, 1.54) is 0 Å². The summed E-state index contributed by atoms with van der Waals surface area (Å²) in [6.07, 6.45) is 5.94. The van der Waals surface area contributed by atoms with Crippen LogP contribution in [0.25, 0.3) is 6.08 Å². The van der Waals surface area contributed by atoms with E-state index in [0.29, 0.717) is 29.8 Å². The number of nitrogens with zero attached hydrogens (tertiary/aromatic N) is 1. The topological polar surface area (TPSA) is 88.4 Å². The number of rotatable bonds is 9. The maximum Gasteiger partial charge on any atom is 0.326 e. The van der Waals surface area contributed by atoms with Crippen LogP contribution in [-0.4, -0.2) is 33.4 Å². The fourth-order valence-electron chi connectivity index (χ4n) is 3.30. The molecule has 164 valence electrons. The average molecular weight is 431 g/mol. The van der Waals surface area contributed by atoms with E-state index in [1.54, 1.807) is 31.2 Å². The summed E-state index contributed by atoms with van der Waals surface area (Å²) in [4.78, 5) is 36.3. The van der Waals surface area contributed by atoms with Gasteiger partial charge in [0.2, 0.25) is 5.78 Å². The quantitative estimate of drug-likeness (QED) is 0.495. The average Bonchev–Trinajstić information content (AvgIpc) is 3.26. The number of hydrogen-bond donors (Lipinski definition) is 2. The third-order valence-corrected chi connectivity index (χ3v) is 5.15. The lowest BCUT2D eigenvalue weighted by Crippen LogP contribution is -2.40.